The summed E-state index contributed by atoms with van der Waals surface area (Å²) in [4.78, 5) is 7.90. The predicted molar refractivity (Wildman–Crippen MR) is 86.3 cm³/mol. The van der Waals surface area contributed by atoms with Crippen LogP contribution in [0.1, 0.15) is 24.3 Å². The van der Waals surface area contributed by atoms with Gasteiger partial charge in [-0.1, -0.05) is 6.07 Å². The SMILES string of the molecule is CCOCCCNC(N)=NCC(c1cccs1)N(C)C. The number of nitrogens with one attached hydrogen (secondary N) is 1. The van der Waals surface area contributed by atoms with Gasteiger partial charge in [0.25, 0.3) is 0 Å². The second-order valence-electron chi connectivity index (χ2n) is 4.70. The molecule has 1 aromatic heterocycles. The summed E-state index contributed by atoms with van der Waals surface area (Å²) < 4.78 is 5.27. The van der Waals surface area contributed by atoms with Crippen molar-refractivity contribution in [2.24, 2.45) is 10.7 Å². The Morgan fingerprint density at radius 3 is 2.95 bits per heavy atom. The van der Waals surface area contributed by atoms with Crippen LogP contribution in [0.4, 0.5) is 0 Å². The van der Waals surface area contributed by atoms with Crippen molar-refractivity contribution >= 4 is 17.3 Å². The molecule has 1 unspecified atom stereocenters. The maximum Gasteiger partial charge on any atom is 0.188 e. The Kier molecular flexibility index (Phi) is 8.25. The molecular formula is C14H26N4OS. The molecule has 3 N–H and O–H groups in total. The molecule has 114 valence electrons. The number of aliphatic imine (C=N–C) groups is 1. The van der Waals surface area contributed by atoms with E-state index in [2.05, 4.69) is 46.8 Å². The van der Waals surface area contributed by atoms with Crippen molar-refractivity contribution in [3.63, 3.8) is 0 Å². The van der Waals surface area contributed by atoms with Gasteiger partial charge in [0.2, 0.25) is 0 Å². The molecule has 0 saturated heterocycles. The molecule has 6 heteroatoms. The highest BCUT2D eigenvalue weighted by Crippen LogP contribution is 2.23. The van der Waals surface area contributed by atoms with Crippen LogP contribution in [0.3, 0.4) is 0 Å². The quantitative estimate of drug-likeness (QED) is 0.414. The van der Waals surface area contributed by atoms with Gasteiger partial charge in [0.15, 0.2) is 5.96 Å². The lowest BCUT2D eigenvalue weighted by molar-refractivity contribution is 0.145. The molecule has 0 amide bonds. The van der Waals surface area contributed by atoms with Gasteiger partial charge in [-0.2, -0.15) is 0 Å². The Bertz CT molecular complexity index is 379. The van der Waals surface area contributed by atoms with E-state index in [1.807, 2.05) is 6.92 Å². The maximum atomic E-state index is 5.87. The largest absolute Gasteiger partial charge is 0.382 e. The van der Waals surface area contributed by atoms with Gasteiger partial charge in [0.1, 0.15) is 0 Å². The molecule has 0 aliphatic carbocycles. The lowest BCUT2D eigenvalue weighted by Gasteiger charge is -2.21. The van der Waals surface area contributed by atoms with Crippen molar-refractivity contribution in [3.8, 4) is 0 Å². The van der Waals surface area contributed by atoms with Gasteiger partial charge >= 0.3 is 0 Å². The minimum absolute atomic E-state index is 0.277. The molecule has 0 radical (unpaired) electrons. The number of hydrogen-bond acceptors (Lipinski definition) is 4. The lowest BCUT2D eigenvalue weighted by Crippen LogP contribution is -2.34. The van der Waals surface area contributed by atoms with E-state index < -0.39 is 0 Å². The molecule has 0 fully saturated rings. The van der Waals surface area contributed by atoms with Crippen LogP contribution in [0.5, 0.6) is 0 Å². The van der Waals surface area contributed by atoms with Gasteiger partial charge in [-0.15, -0.1) is 11.3 Å². The number of nitrogens with zero attached hydrogens (tertiary/aromatic N) is 2. The van der Waals surface area contributed by atoms with Crippen molar-refractivity contribution in [3.05, 3.63) is 22.4 Å². The van der Waals surface area contributed by atoms with Crippen LogP contribution in [-0.4, -0.2) is 51.3 Å². The molecule has 0 bridgehead atoms. The van der Waals surface area contributed by atoms with Crippen LogP contribution in [0.2, 0.25) is 0 Å². The Hall–Kier alpha value is -1.11. The smallest absolute Gasteiger partial charge is 0.188 e. The summed E-state index contributed by atoms with van der Waals surface area (Å²) in [6.07, 6.45) is 0.937. The van der Waals surface area contributed by atoms with E-state index in [-0.39, 0.29) is 6.04 Å². The Balaban J connectivity index is 2.35. The van der Waals surface area contributed by atoms with Crippen molar-refractivity contribution in [1.82, 2.24) is 10.2 Å². The van der Waals surface area contributed by atoms with Gasteiger partial charge in [0, 0.05) is 24.6 Å². The summed E-state index contributed by atoms with van der Waals surface area (Å²) >= 11 is 1.75. The maximum absolute atomic E-state index is 5.87. The van der Waals surface area contributed by atoms with Crippen molar-refractivity contribution < 1.29 is 4.74 Å². The lowest BCUT2D eigenvalue weighted by atomic mass is 10.2. The fourth-order valence-corrected chi connectivity index (χ4v) is 2.68. The number of rotatable bonds is 9. The molecule has 0 saturated carbocycles. The molecule has 5 nitrogen and oxygen atoms in total. The molecule has 20 heavy (non-hydrogen) atoms. The van der Waals surface area contributed by atoms with Gasteiger partial charge in [-0.3, -0.25) is 4.99 Å². The predicted octanol–water partition coefficient (Wildman–Crippen LogP) is 1.68. The number of guanidine groups is 1. The topological polar surface area (TPSA) is 62.9 Å². The summed E-state index contributed by atoms with van der Waals surface area (Å²) in [7, 11) is 4.12. The third kappa shape index (κ3) is 6.36. The average molecular weight is 298 g/mol. The molecule has 0 aromatic carbocycles. The fourth-order valence-electron chi connectivity index (χ4n) is 1.76. The minimum atomic E-state index is 0.277. The van der Waals surface area contributed by atoms with Crippen LogP contribution in [0, 0.1) is 0 Å². The van der Waals surface area contributed by atoms with Crippen molar-refractivity contribution in [2.75, 3.05) is 40.4 Å². The molecular weight excluding hydrogens is 272 g/mol. The number of hydrogen-bond donors (Lipinski definition) is 2. The Morgan fingerprint density at radius 2 is 2.35 bits per heavy atom. The number of thiophene rings is 1. The van der Waals surface area contributed by atoms with E-state index in [9.17, 15) is 0 Å². The fraction of sp³-hybridized carbons (Fsp3) is 0.643. The summed E-state index contributed by atoms with van der Waals surface area (Å²) in [5.41, 5.74) is 5.87. The molecule has 0 aliphatic heterocycles. The van der Waals surface area contributed by atoms with Gasteiger partial charge < -0.3 is 20.7 Å². The summed E-state index contributed by atoms with van der Waals surface area (Å²) in [5.74, 6) is 0.505. The first-order valence-corrected chi connectivity index (χ1v) is 7.84. The third-order valence-electron chi connectivity index (χ3n) is 2.91. The average Bonchev–Trinajstić information content (AvgIpc) is 2.92. The highest BCUT2D eigenvalue weighted by atomic mass is 32.1. The number of ether oxygens (including phenoxy) is 1. The van der Waals surface area contributed by atoms with E-state index in [0.717, 1.165) is 26.2 Å². The Labute approximate surface area is 125 Å². The Morgan fingerprint density at radius 1 is 1.55 bits per heavy atom. The van der Waals surface area contributed by atoms with Crippen molar-refractivity contribution in [1.29, 1.82) is 0 Å². The first kappa shape index (κ1) is 16.9. The van der Waals surface area contributed by atoms with E-state index in [0.29, 0.717) is 12.5 Å². The molecule has 1 rings (SSSR count). The van der Waals surface area contributed by atoms with E-state index in [1.54, 1.807) is 11.3 Å². The highest BCUT2D eigenvalue weighted by molar-refractivity contribution is 7.10. The molecule has 1 heterocycles. The second-order valence-corrected chi connectivity index (χ2v) is 5.68. The summed E-state index contributed by atoms with van der Waals surface area (Å²) in [6.45, 7) is 4.97. The summed E-state index contributed by atoms with van der Waals surface area (Å²) in [6, 6.07) is 4.48. The highest BCUT2D eigenvalue weighted by Gasteiger charge is 2.14. The minimum Gasteiger partial charge on any atom is -0.382 e. The van der Waals surface area contributed by atoms with Gasteiger partial charge in [0.05, 0.1) is 12.6 Å². The van der Waals surface area contributed by atoms with E-state index >= 15 is 0 Å². The first-order valence-electron chi connectivity index (χ1n) is 6.96. The molecule has 1 aromatic rings. The normalized spacial score (nSPS) is 13.7. The van der Waals surface area contributed by atoms with Gasteiger partial charge in [-0.05, 0) is 38.9 Å². The second kappa shape index (κ2) is 9.74. The van der Waals surface area contributed by atoms with Crippen LogP contribution in [-0.2, 0) is 4.74 Å². The zero-order valence-electron chi connectivity index (χ0n) is 12.6. The van der Waals surface area contributed by atoms with Crippen LogP contribution < -0.4 is 11.1 Å². The zero-order chi connectivity index (χ0) is 14.8. The third-order valence-corrected chi connectivity index (χ3v) is 3.88. The van der Waals surface area contributed by atoms with Crippen molar-refractivity contribution in [2.45, 2.75) is 19.4 Å². The number of nitrogens with two attached hydrogens (primary N) is 1. The van der Waals surface area contributed by atoms with Crippen LogP contribution in [0.25, 0.3) is 0 Å². The van der Waals surface area contributed by atoms with Crippen LogP contribution >= 0.6 is 11.3 Å². The van der Waals surface area contributed by atoms with E-state index in [1.165, 1.54) is 4.88 Å². The summed E-state index contributed by atoms with van der Waals surface area (Å²) in [5, 5.41) is 5.20. The monoisotopic (exact) mass is 298 g/mol. The molecule has 1 atom stereocenters. The zero-order valence-corrected chi connectivity index (χ0v) is 13.4. The first-order chi connectivity index (χ1) is 9.65. The standard InChI is InChI=1S/C14H26N4OS/c1-4-19-9-6-8-16-14(15)17-11-12(18(2)3)13-7-5-10-20-13/h5,7,10,12H,4,6,8-9,11H2,1-3H3,(H3,15,16,17). The van der Waals surface area contributed by atoms with Crippen LogP contribution in [0.15, 0.2) is 22.5 Å². The van der Waals surface area contributed by atoms with Gasteiger partial charge in [-0.25, -0.2) is 0 Å². The molecule has 0 aliphatic rings. The van der Waals surface area contributed by atoms with E-state index in [4.69, 9.17) is 10.5 Å². The molecule has 0 spiro atoms. The number of likely N-dealkylation sites (N-methyl/N-ethyl adjacent to an activating group) is 1.